The van der Waals surface area contributed by atoms with Crippen molar-refractivity contribution in [2.45, 2.75) is 49.2 Å². The standard InChI is InChI=1S/C49H54N10O8S/c50-46-44-45(33-13-15-36(16-14-33)67-35-8-2-1-3-9-35)54-59(47(44)52-32-51-46)34-7-5-20-57(29-34)42(61)12-6-19-55-21-23-56(24-22-55)43(62)31-66-26-25-65-27-28-68-40-11-4-10-37-38(40)30-58(49(37)64)39-17-18-41(60)53-48(39)63/h1-4,6,8-16,32,34,39H,5,7,17-31H2,(H2,50,51,52)(H,53,60,63)/b12-6+. The predicted molar refractivity (Wildman–Crippen MR) is 254 cm³/mol. The Morgan fingerprint density at radius 3 is 2.46 bits per heavy atom. The lowest BCUT2D eigenvalue weighted by Crippen LogP contribution is -2.52. The minimum atomic E-state index is -0.651. The zero-order valence-electron chi connectivity index (χ0n) is 37.7. The number of rotatable bonds is 17. The zero-order chi connectivity index (χ0) is 47.0. The number of nitrogens with zero attached hydrogens (tertiary/aromatic N) is 8. The van der Waals surface area contributed by atoms with Crippen molar-refractivity contribution in [2.75, 3.05) is 83.7 Å². The van der Waals surface area contributed by atoms with Gasteiger partial charge in [0.25, 0.3) is 5.91 Å². The van der Waals surface area contributed by atoms with E-state index >= 15 is 0 Å². The van der Waals surface area contributed by atoms with Crippen molar-refractivity contribution < 1.29 is 38.2 Å². The lowest BCUT2D eigenvalue weighted by atomic mass is 10.0. The largest absolute Gasteiger partial charge is 0.457 e. The average Bonchev–Trinajstić information content (AvgIpc) is 3.92. The molecule has 5 amide bonds. The number of carbonyl (C=O) groups excluding carboxylic acids is 5. The maximum absolute atomic E-state index is 13.5. The molecule has 0 bridgehead atoms. The smallest absolute Gasteiger partial charge is 0.255 e. The van der Waals surface area contributed by atoms with Crippen LogP contribution in [0.15, 0.2) is 96.2 Å². The lowest BCUT2D eigenvalue weighted by Gasteiger charge is -2.34. The third kappa shape index (κ3) is 10.7. The van der Waals surface area contributed by atoms with Crippen molar-refractivity contribution in [1.82, 2.24) is 44.7 Å². The highest BCUT2D eigenvalue weighted by Gasteiger charge is 2.40. The summed E-state index contributed by atoms with van der Waals surface area (Å²) in [6, 6.07) is 22.1. The predicted octanol–water partition coefficient (Wildman–Crippen LogP) is 4.32. The van der Waals surface area contributed by atoms with Gasteiger partial charge in [-0.05, 0) is 73.4 Å². The zero-order valence-corrected chi connectivity index (χ0v) is 38.5. The first kappa shape index (κ1) is 46.4. The number of aromatic nitrogens is 4. The normalized spacial score (nSPS) is 18.9. The number of benzene rings is 3. The van der Waals surface area contributed by atoms with E-state index in [2.05, 4.69) is 20.2 Å². The summed E-state index contributed by atoms with van der Waals surface area (Å²) in [5.41, 5.74) is 10.0. The fraction of sp³-hybridized carbons (Fsp3) is 0.388. The highest BCUT2D eigenvalue weighted by atomic mass is 32.2. The van der Waals surface area contributed by atoms with Gasteiger partial charge in [0.1, 0.15) is 42.0 Å². The molecular weight excluding hydrogens is 889 g/mol. The number of amides is 5. The van der Waals surface area contributed by atoms with Crippen LogP contribution in [-0.2, 0) is 35.2 Å². The Bertz CT molecular complexity index is 2670. The van der Waals surface area contributed by atoms with Crippen LogP contribution in [0.4, 0.5) is 5.82 Å². The van der Waals surface area contributed by atoms with Gasteiger partial charge in [-0.15, -0.1) is 11.8 Å². The summed E-state index contributed by atoms with van der Waals surface area (Å²) in [4.78, 5) is 80.8. The number of carbonyl (C=O) groups is 5. The fourth-order valence-electron chi connectivity index (χ4n) is 9.07. The van der Waals surface area contributed by atoms with Gasteiger partial charge in [0.2, 0.25) is 23.6 Å². The second kappa shape index (κ2) is 21.5. The minimum absolute atomic E-state index is 0.0229. The summed E-state index contributed by atoms with van der Waals surface area (Å²) in [5.74, 6) is 1.38. The van der Waals surface area contributed by atoms with Crippen molar-refractivity contribution >= 4 is 58.1 Å². The minimum Gasteiger partial charge on any atom is -0.457 e. The number of anilines is 1. The molecule has 2 atom stereocenters. The van der Waals surface area contributed by atoms with Gasteiger partial charge >= 0.3 is 0 Å². The molecule has 4 aliphatic rings. The maximum atomic E-state index is 13.5. The van der Waals surface area contributed by atoms with E-state index in [0.717, 1.165) is 34.6 Å². The molecule has 4 aliphatic heterocycles. The second-order valence-electron chi connectivity index (χ2n) is 17.0. The number of nitrogen functional groups attached to an aromatic ring is 1. The van der Waals surface area contributed by atoms with Gasteiger partial charge < -0.3 is 34.6 Å². The van der Waals surface area contributed by atoms with Crippen LogP contribution >= 0.6 is 11.8 Å². The van der Waals surface area contributed by atoms with E-state index in [4.69, 9.17) is 25.0 Å². The van der Waals surface area contributed by atoms with Gasteiger partial charge in [-0.25, -0.2) is 14.6 Å². The van der Waals surface area contributed by atoms with Gasteiger partial charge in [-0.1, -0.05) is 30.3 Å². The molecule has 6 heterocycles. The molecule has 2 aromatic heterocycles. The summed E-state index contributed by atoms with van der Waals surface area (Å²) >= 11 is 1.58. The Labute approximate surface area is 397 Å². The quantitative estimate of drug-likeness (QED) is 0.0577. The van der Waals surface area contributed by atoms with Crippen molar-refractivity contribution in [2.24, 2.45) is 0 Å². The van der Waals surface area contributed by atoms with E-state index in [0.29, 0.717) is 112 Å². The number of nitrogens with two attached hydrogens (primary N) is 1. The second-order valence-corrected chi connectivity index (χ2v) is 18.2. The maximum Gasteiger partial charge on any atom is 0.255 e. The molecule has 0 radical (unpaired) electrons. The summed E-state index contributed by atoms with van der Waals surface area (Å²) in [6.07, 6.45) is 7.18. The molecule has 3 N–H and O–H groups in total. The number of piperazine rings is 1. The van der Waals surface area contributed by atoms with Crippen LogP contribution in [0.25, 0.3) is 22.3 Å². The molecule has 3 aromatic carbocycles. The monoisotopic (exact) mass is 942 g/mol. The van der Waals surface area contributed by atoms with Gasteiger partial charge in [0.15, 0.2) is 5.65 Å². The molecule has 68 heavy (non-hydrogen) atoms. The summed E-state index contributed by atoms with van der Waals surface area (Å²) in [5, 5.41) is 8.04. The molecule has 5 aromatic rings. The van der Waals surface area contributed by atoms with E-state index in [9.17, 15) is 24.0 Å². The highest BCUT2D eigenvalue weighted by molar-refractivity contribution is 7.99. The van der Waals surface area contributed by atoms with Gasteiger partial charge in [0, 0.05) is 86.6 Å². The number of hydrogen-bond donors (Lipinski definition) is 2. The molecule has 354 valence electrons. The molecule has 19 heteroatoms. The average molecular weight is 943 g/mol. The third-order valence-corrected chi connectivity index (χ3v) is 13.7. The van der Waals surface area contributed by atoms with Crippen LogP contribution < -0.4 is 15.8 Å². The first-order valence-corrected chi connectivity index (χ1v) is 24.0. The number of imide groups is 1. The number of hydrogen-bond acceptors (Lipinski definition) is 14. The summed E-state index contributed by atoms with van der Waals surface area (Å²) in [6.45, 7) is 5.63. The number of fused-ring (bicyclic) bond motifs is 2. The number of piperidine rings is 2. The van der Waals surface area contributed by atoms with Crippen LogP contribution in [0.5, 0.6) is 11.5 Å². The number of thioether (sulfide) groups is 1. The Kier molecular flexibility index (Phi) is 14.7. The van der Waals surface area contributed by atoms with Gasteiger partial charge in [0.05, 0.1) is 31.2 Å². The summed E-state index contributed by atoms with van der Waals surface area (Å²) < 4.78 is 19.3. The molecule has 0 spiro atoms. The first-order chi connectivity index (χ1) is 33.2. The van der Waals surface area contributed by atoms with Crippen LogP contribution in [0.1, 0.15) is 47.6 Å². The highest BCUT2D eigenvalue weighted by Crippen LogP contribution is 2.36. The fourth-order valence-corrected chi connectivity index (χ4v) is 10.0. The molecule has 2 unspecified atom stereocenters. The Morgan fingerprint density at radius 1 is 0.853 bits per heavy atom. The van der Waals surface area contributed by atoms with Crippen molar-refractivity contribution in [3.63, 3.8) is 0 Å². The van der Waals surface area contributed by atoms with E-state index in [1.165, 1.54) is 6.33 Å². The van der Waals surface area contributed by atoms with E-state index in [-0.39, 0.29) is 49.3 Å². The number of likely N-dealkylation sites (tertiary alicyclic amines) is 1. The van der Waals surface area contributed by atoms with Gasteiger partial charge in [-0.2, -0.15) is 5.10 Å². The molecule has 0 aliphatic carbocycles. The molecule has 9 rings (SSSR count). The van der Waals surface area contributed by atoms with Crippen LogP contribution in [0.3, 0.4) is 0 Å². The van der Waals surface area contributed by atoms with Crippen molar-refractivity contribution in [3.05, 3.63) is 102 Å². The van der Waals surface area contributed by atoms with Crippen LogP contribution in [0.2, 0.25) is 0 Å². The number of ether oxygens (including phenoxy) is 3. The topological polar surface area (TPSA) is 208 Å². The van der Waals surface area contributed by atoms with E-state index in [1.54, 1.807) is 33.7 Å². The first-order valence-electron chi connectivity index (χ1n) is 23.0. The van der Waals surface area contributed by atoms with Crippen molar-refractivity contribution in [3.8, 4) is 22.8 Å². The summed E-state index contributed by atoms with van der Waals surface area (Å²) in [7, 11) is 0. The lowest BCUT2D eigenvalue weighted by molar-refractivity contribution is -0.138. The van der Waals surface area contributed by atoms with Gasteiger partial charge in [-0.3, -0.25) is 34.2 Å². The van der Waals surface area contributed by atoms with E-state index in [1.807, 2.05) is 82.4 Å². The molecule has 0 saturated carbocycles. The Morgan fingerprint density at radius 2 is 1.65 bits per heavy atom. The van der Waals surface area contributed by atoms with E-state index < -0.39 is 11.9 Å². The number of nitrogens with one attached hydrogen (secondary N) is 1. The molecule has 18 nitrogen and oxygen atoms in total. The Hall–Kier alpha value is -6.67. The SMILES string of the molecule is Nc1ncnc2c1c(-c1ccc(Oc3ccccc3)cc1)nn2C1CCCN(C(=O)/C=C/CN2CCN(C(=O)COCCOCCSc3cccc4c3CN(C3CCC(=O)NC3=O)C4=O)CC2)C1. The van der Waals surface area contributed by atoms with Crippen molar-refractivity contribution in [1.29, 1.82) is 0 Å². The molecular formula is C49H54N10O8S. The van der Waals surface area contributed by atoms with Crippen LogP contribution in [0, 0.1) is 0 Å². The van der Waals surface area contributed by atoms with Crippen LogP contribution in [-0.4, -0.2) is 153 Å². The third-order valence-electron chi connectivity index (χ3n) is 12.6. The molecule has 3 fully saturated rings. The Balaban J connectivity index is 0.670. The molecule has 3 saturated heterocycles. The number of para-hydroxylation sites is 1.